The molecule has 1 saturated heterocycles. The SMILES string of the molecule is NC(=O)c1ccccc1CS(=O)(=O)C[CH]C(=O)N(C(=O)c1ccccc1)C1CNCC1=O. The van der Waals surface area contributed by atoms with Gasteiger partial charge in [-0.25, -0.2) is 8.42 Å². The van der Waals surface area contributed by atoms with Crippen LogP contribution in [0.25, 0.3) is 0 Å². The van der Waals surface area contributed by atoms with Crippen LogP contribution in [0.4, 0.5) is 0 Å². The van der Waals surface area contributed by atoms with Crippen molar-refractivity contribution in [3.05, 3.63) is 77.7 Å². The fraction of sp³-hybridized carbons (Fsp3) is 0.227. The Balaban J connectivity index is 1.77. The maximum absolute atomic E-state index is 13.0. The normalized spacial score (nSPS) is 16.0. The number of benzene rings is 2. The lowest BCUT2D eigenvalue weighted by Gasteiger charge is -2.25. The number of hydrogen-bond donors (Lipinski definition) is 2. The second-order valence-corrected chi connectivity index (χ2v) is 9.38. The number of nitrogens with one attached hydrogen (secondary N) is 1. The van der Waals surface area contributed by atoms with Gasteiger partial charge >= 0.3 is 0 Å². The molecule has 9 nitrogen and oxygen atoms in total. The van der Waals surface area contributed by atoms with Crippen molar-refractivity contribution >= 4 is 33.3 Å². The first-order valence-electron chi connectivity index (χ1n) is 9.77. The van der Waals surface area contributed by atoms with Crippen LogP contribution in [-0.4, -0.2) is 61.7 Å². The van der Waals surface area contributed by atoms with E-state index in [4.69, 9.17) is 5.73 Å². The van der Waals surface area contributed by atoms with Crippen LogP contribution < -0.4 is 11.1 Å². The number of carbonyl (C=O) groups is 4. The molecule has 0 spiro atoms. The second kappa shape index (κ2) is 9.84. The molecule has 0 aromatic heterocycles. The van der Waals surface area contributed by atoms with Crippen LogP contribution in [-0.2, 0) is 25.2 Å². The van der Waals surface area contributed by atoms with Crippen LogP contribution in [0.5, 0.6) is 0 Å². The molecule has 3 N–H and O–H groups in total. The summed E-state index contributed by atoms with van der Waals surface area (Å²) >= 11 is 0. The molecule has 32 heavy (non-hydrogen) atoms. The number of primary amides is 1. The minimum Gasteiger partial charge on any atom is -0.366 e. The topological polar surface area (TPSA) is 144 Å². The lowest BCUT2D eigenvalue weighted by atomic mass is 10.1. The number of carbonyl (C=O) groups excluding carboxylic acids is 4. The highest BCUT2D eigenvalue weighted by Crippen LogP contribution is 2.16. The molecule has 1 unspecified atom stereocenters. The Morgan fingerprint density at radius 1 is 1.06 bits per heavy atom. The van der Waals surface area contributed by atoms with Gasteiger partial charge < -0.3 is 11.1 Å². The van der Waals surface area contributed by atoms with Gasteiger partial charge in [0.05, 0.1) is 24.5 Å². The van der Waals surface area contributed by atoms with Crippen LogP contribution in [0, 0.1) is 6.42 Å². The van der Waals surface area contributed by atoms with Gasteiger partial charge in [-0.1, -0.05) is 36.4 Å². The molecule has 3 amide bonds. The van der Waals surface area contributed by atoms with E-state index >= 15 is 0 Å². The van der Waals surface area contributed by atoms with Gasteiger partial charge in [0.25, 0.3) is 5.91 Å². The highest BCUT2D eigenvalue weighted by atomic mass is 32.2. The van der Waals surface area contributed by atoms with Gasteiger partial charge in [0.2, 0.25) is 11.8 Å². The number of hydrogen-bond acceptors (Lipinski definition) is 7. The Kier molecular flexibility index (Phi) is 7.16. The molecule has 3 rings (SSSR count). The van der Waals surface area contributed by atoms with E-state index < -0.39 is 45.1 Å². The average molecular weight is 457 g/mol. The smallest absolute Gasteiger partial charge is 0.261 e. The summed E-state index contributed by atoms with van der Waals surface area (Å²) in [6, 6.07) is 13.0. The molecule has 1 fully saturated rings. The molecule has 2 aromatic rings. The van der Waals surface area contributed by atoms with Crippen molar-refractivity contribution in [3.8, 4) is 0 Å². The first-order chi connectivity index (χ1) is 15.2. The molecular formula is C22H22N3O6S. The van der Waals surface area contributed by atoms with Gasteiger partial charge in [-0.3, -0.25) is 24.1 Å². The molecule has 2 aromatic carbocycles. The number of rotatable bonds is 8. The zero-order chi connectivity index (χ0) is 23.3. The van der Waals surface area contributed by atoms with E-state index in [0.29, 0.717) is 0 Å². The van der Waals surface area contributed by atoms with E-state index in [9.17, 15) is 27.6 Å². The first-order valence-corrected chi connectivity index (χ1v) is 11.6. The Morgan fingerprint density at radius 3 is 2.34 bits per heavy atom. The van der Waals surface area contributed by atoms with Gasteiger partial charge in [-0.2, -0.15) is 0 Å². The summed E-state index contributed by atoms with van der Waals surface area (Å²) in [7, 11) is -3.87. The van der Waals surface area contributed by atoms with Crippen LogP contribution >= 0.6 is 0 Å². The zero-order valence-corrected chi connectivity index (χ0v) is 17.9. The molecule has 1 aliphatic rings. The minimum absolute atomic E-state index is 0.0126. The van der Waals surface area contributed by atoms with Crippen molar-refractivity contribution in [2.45, 2.75) is 11.8 Å². The predicted octanol–water partition coefficient (Wildman–Crippen LogP) is 0.114. The van der Waals surface area contributed by atoms with Gasteiger partial charge in [0.15, 0.2) is 15.6 Å². The van der Waals surface area contributed by atoms with Crippen molar-refractivity contribution in [1.29, 1.82) is 0 Å². The van der Waals surface area contributed by atoms with Gasteiger partial charge in [0.1, 0.15) is 6.04 Å². The summed E-state index contributed by atoms with van der Waals surface area (Å²) < 4.78 is 25.2. The van der Waals surface area contributed by atoms with E-state index in [1.54, 1.807) is 30.3 Å². The lowest BCUT2D eigenvalue weighted by Crippen LogP contribution is -2.49. The zero-order valence-electron chi connectivity index (χ0n) is 17.1. The fourth-order valence-electron chi connectivity index (χ4n) is 3.39. The largest absolute Gasteiger partial charge is 0.366 e. The van der Waals surface area contributed by atoms with E-state index in [1.807, 2.05) is 0 Å². The van der Waals surface area contributed by atoms with Gasteiger partial charge in [0, 0.05) is 17.7 Å². The number of sulfone groups is 1. The van der Waals surface area contributed by atoms with E-state index in [1.165, 1.54) is 24.3 Å². The quantitative estimate of drug-likeness (QED) is 0.574. The molecule has 1 heterocycles. The standard InChI is InChI=1S/C22H22N3O6S/c23-21(28)17-9-5-4-8-16(17)14-32(30,31)11-10-20(27)25(18-12-24-13-19(18)26)22(29)15-6-2-1-3-7-15/h1-10,18,24H,11-14H2,(H2,23,28). The summed E-state index contributed by atoms with van der Waals surface area (Å²) in [5.74, 6) is -3.85. The van der Waals surface area contributed by atoms with Crippen LogP contribution in [0.15, 0.2) is 54.6 Å². The third kappa shape index (κ3) is 5.45. The first kappa shape index (κ1) is 23.3. The fourth-order valence-corrected chi connectivity index (χ4v) is 4.63. The van der Waals surface area contributed by atoms with Crippen LogP contribution in [0.1, 0.15) is 26.3 Å². The summed E-state index contributed by atoms with van der Waals surface area (Å²) in [4.78, 5) is 50.4. The highest BCUT2D eigenvalue weighted by molar-refractivity contribution is 7.90. The number of imide groups is 1. The van der Waals surface area contributed by atoms with Crippen molar-refractivity contribution < 1.29 is 27.6 Å². The van der Waals surface area contributed by atoms with E-state index in [2.05, 4.69) is 5.32 Å². The molecule has 0 bridgehead atoms. The summed E-state index contributed by atoms with van der Waals surface area (Å²) in [5, 5.41) is 2.81. The maximum atomic E-state index is 13.0. The average Bonchev–Trinajstić information content (AvgIpc) is 3.18. The minimum atomic E-state index is -3.87. The number of nitrogens with two attached hydrogens (primary N) is 1. The van der Waals surface area contributed by atoms with Crippen molar-refractivity contribution in [3.63, 3.8) is 0 Å². The Labute approximate surface area is 185 Å². The van der Waals surface area contributed by atoms with Gasteiger partial charge in [-0.15, -0.1) is 0 Å². The van der Waals surface area contributed by atoms with E-state index in [0.717, 1.165) is 11.3 Å². The van der Waals surface area contributed by atoms with Crippen molar-refractivity contribution in [2.24, 2.45) is 5.73 Å². The molecular weight excluding hydrogens is 434 g/mol. The monoisotopic (exact) mass is 456 g/mol. The summed E-state index contributed by atoms with van der Waals surface area (Å²) in [6.07, 6.45) is 0.870. The summed E-state index contributed by atoms with van der Waals surface area (Å²) in [6.45, 7) is 0.106. The highest BCUT2D eigenvalue weighted by Gasteiger charge is 2.38. The molecule has 10 heteroatoms. The molecule has 1 aliphatic heterocycles. The number of amides is 3. The maximum Gasteiger partial charge on any atom is 0.261 e. The second-order valence-electron chi connectivity index (χ2n) is 7.27. The Morgan fingerprint density at radius 2 is 1.72 bits per heavy atom. The molecule has 0 aliphatic carbocycles. The summed E-state index contributed by atoms with van der Waals surface area (Å²) in [5.41, 5.74) is 5.78. The molecule has 0 saturated carbocycles. The van der Waals surface area contributed by atoms with Crippen LogP contribution in [0.3, 0.4) is 0 Å². The molecule has 1 atom stereocenters. The van der Waals surface area contributed by atoms with E-state index in [-0.39, 0.29) is 35.6 Å². The lowest BCUT2D eigenvalue weighted by molar-refractivity contribution is -0.132. The Hall–Kier alpha value is -3.37. The number of Topliss-reactive ketones (excluding diaryl/α,β-unsaturated/α-hetero) is 1. The number of ketones is 1. The third-order valence-electron chi connectivity index (χ3n) is 4.97. The third-order valence-corrected chi connectivity index (χ3v) is 6.39. The molecule has 167 valence electrons. The van der Waals surface area contributed by atoms with Crippen molar-refractivity contribution in [1.82, 2.24) is 10.2 Å². The predicted molar refractivity (Wildman–Crippen MR) is 116 cm³/mol. The molecule has 1 radical (unpaired) electrons. The van der Waals surface area contributed by atoms with Crippen LogP contribution in [0.2, 0.25) is 0 Å². The van der Waals surface area contributed by atoms with Gasteiger partial charge in [-0.05, 0) is 23.8 Å². The van der Waals surface area contributed by atoms with Crippen molar-refractivity contribution in [2.75, 3.05) is 18.8 Å². The Bertz CT molecular complexity index is 1150. The number of nitrogens with zero attached hydrogens (tertiary/aromatic N) is 1.